The predicted octanol–water partition coefficient (Wildman–Crippen LogP) is 3.36. The van der Waals surface area contributed by atoms with Crippen molar-refractivity contribution in [3.63, 3.8) is 0 Å². The highest BCUT2D eigenvalue weighted by molar-refractivity contribution is 9.10. The Hall–Kier alpha value is -2.72. The second-order valence-electron chi connectivity index (χ2n) is 5.37. The van der Waals surface area contributed by atoms with Gasteiger partial charge in [0.2, 0.25) is 0 Å². The molecule has 0 aliphatic carbocycles. The number of carbonyl (C=O) groups excluding carboxylic acids is 1. The number of hydrogen-bond acceptors (Lipinski definition) is 6. The minimum atomic E-state index is -0.465. The average molecular weight is 453 g/mol. The Morgan fingerprint density at radius 2 is 2.04 bits per heavy atom. The van der Waals surface area contributed by atoms with E-state index in [9.17, 15) is 4.79 Å². The van der Waals surface area contributed by atoms with Crippen molar-refractivity contribution in [3.8, 4) is 11.7 Å². The number of amides is 2. The van der Waals surface area contributed by atoms with Gasteiger partial charge in [-0.05, 0) is 41.1 Å². The lowest BCUT2D eigenvalue weighted by Gasteiger charge is -2.16. The molecule has 1 unspecified atom stereocenters. The van der Waals surface area contributed by atoms with Crippen LogP contribution in [0.2, 0.25) is 5.02 Å². The van der Waals surface area contributed by atoms with E-state index in [1.54, 1.807) is 37.5 Å². The molecule has 2 heterocycles. The zero-order valence-electron chi connectivity index (χ0n) is 14.3. The van der Waals surface area contributed by atoms with Crippen molar-refractivity contribution in [1.82, 2.24) is 30.0 Å². The van der Waals surface area contributed by atoms with Crippen molar-refractivity contribution in [1.29, 1.82) is 0 Å². The van der Waals surface area contributed by atoms with Gasteiger partial charge in [0.25, 0.3) is 5.95 Å². The first-order valence-corrected chi connectivity index (χ1v) is 8.94. The van der Waals surface area contributed by atoms with Crippen molar-refractivity contribution in [2.45, 2.75) is 13.0 Å². The summed E-state index contributed by atoms with van der Waals surface area (Å²) in [6.45, 7) is 1.77. The molecule has 2 aromatic heterocycles. The third kappa shape index (κ3) is 4.34. The van der Waals surface area contributed by atoms with Crippen LogP contribution >= 0.6 is 27.5 Å². The molecule has 1 atom stereocenters. The topological polar surface area (TPSA) is 107 Å². The minimum absolute atomic E-state index is 0.361. The standard InChI is InChI=1S/C16H15BrClN7O2/c1-9(14-21-8-22-25(14)15-19-4-3-5-20-15)23-16(26)24-12-7-11(18)10(17)6-13(12)27-2/h3-9H,1-2H3,(H2,23,24,26). The van der Waals surface area contributed by atoms with Crippen molar-refractivity contribution < 1.29 is 9.53 Å². The summed E-state index contributed by atoms with van der Waals surface area (Å²) in [6.07, 6.45) is 4.57. The van der Waals surface area contributed by atoms with Gasteiger partial charge < -0.3 is 15.4 Å². The molecule has 9 nitrogen and oxygen atoms in total. The molecule has 0 spiro atoms. The number of nitrogens with one attached hydrogen (secondary N) is 2. The van der Waals surface area contributed by atoms with Gasteiger partial charge in [0.1, 0.15) is 12.1 Å². The quantitative estimate of drug-likeness (QED) is 0.615. The highest BCUT2D eigenvalue weighted by Crippen LogP contribution is 2.34. The van der Waals surface area contributed by atoms with Crippen LogP contribution in [0.25, 0.3) is 5.95 Å². The zero-order valence-corrected chi connectivity index (χ0v) is 16.7. The first-order valence-electron chi connectivity index (χ1n) is 7.77. The lowest BCUT2D eigenvalue weighted by Crippen LogP contribution is -2.32. The lowest BCUT2D eigenvalue weighted by molar-refractivity contribution is 0.248. The molecule has 11 heteroatoms. The van der Waals surface area contributed by atoms with Gasteiger partial charge in [-0.25, -0.2) is 19.7 Å². The van der Waals surface area contributed by atoms with E-state index in [1.165, 1.54) is 18.1 Å². The molecule has 0 saturated heterocycles. The van der Waals surface area contributed by atoms with Crippen LogP contribution in [0, 0.1) is 0 Å². The van der Waals surface area contributed by atoms with Crippen LogP contribution in [0.15, 0.2) is 41.4 Å². The number of aromatic nitrogens is 5. The first-order chi connectivity index (χ1) is 13.0. The van der Waals surface area contributed by atoms with Crippen molar-refractivity contribution in [2.24, 2.45) is 0 Å². The molecule has 3 rings (SSSR count). The Bertz CT molecular complexity index is 951. The number of nitrogens with zero attached hydrogens (tertiary/aromatic N) is 5. The molecule has 0 saturated carbocycles. The fraction of sp³-hybridized carbons (Fsp3) is 0.188. The first kappa shape index (κ1) is 19.1. The Balaban J connectivity index is 1.74. The molecule has 2 amide bonds. The Kier molecular flexibility index (Phi) is 5.87. The Labute approximate surface area is 168 Å². The van der Waals surface area contributed by atoms with E-state index in [-0.39, 0.29) is 0 Å². The highest BCUT2D eigenvalue weighted by Gasteiger charge is 2.19. The summed E-state index contributed by atoms with van der Waals surface area (Å²) in [5.41, 5.74) is 0.434. The molecule has 140 valence electrons. The maximum atomic E-state index is 12.4. The number of ether oxygens (including phenoxy) is 1. The summed E-state index contributed by atoms with van der Waals surface area (Å²) in [5, 5.41) is 10.1. The van der Waals surface area contributed by atoms with Crippen LogP contribution in [-0.4, -0.2) is 37.9 Å². The van der Waals surface area contributed by atoms with Gasteiger partial charge in [-0.3, -0.25) is 0 Å². The van der Waals surface area contributed by atoms with Crippen molar-refractivity contribution in [3.05, 3.63) is 52.2 Å². The SMILES string of the molecule is COc1cc(Br)c(Cl)cc1NC(=O)NC(C)c1ncnn1-c1ncccn1. The number of hydrogen-bond donors (Lipinski definition) is 2. The van der Waals surface area contributed by atoms with E-state index < -0.39 is 12.1 Å². The summed E-state index contributed by atoms with van der Waals surface area (Å²) in [6, 6.07) is 4.04. The monoisotopic (exact) mass is 451 g/mol. The number of rotatable bonds is 5. The fourth-order valence-corrected chi connectivity index (χ4v) is 2.80. The van der Waals surface area contributed by atoms with E-state index in [0.29, 0.717) is 32.7 Å². The second-order valence-corrected chi connectivity index (χ2v) is 6.63. The number of benzene rings is 1. The van der Waals surface area contributed by atoms with Crippen LogP contribution < -0.4 is 15.4 Å². The smallest absolute Gasteiger partial charge is 0.319 e. The number of methoxy groups -OCH3 is 1. The van der Waals surface area contributed by atoms with E-state index in [2.05, 4.69) is 46.6 Å². The predicted molar refractivity (Wildman–Crippen MR) is 103 cm³/mol. The molecular weight excluding hydrogens is 438 g/mol. The molecule has 0 aliphatic heterocycles. The van der Waals surface area contributed by atoms with Crippen LogP contribution in [0.1, 0.15) is 18.8 Å². The normalized spacial score (nSPS) is 11.7. The number of anilines is 1. The van der Waals surface area contributed by atoms with Gasteiger partial charge in [0.05, 0.1) is 23.9 Å². The largest absolute Gasteiger partial charge is 0.495 e. The van der Waals surface area contributed by atoms with Gasteiger partial charge >= 0.3 is 6.03 Å². The minimum Gasteiger partial charge on any atom is -0.495 e. The average Bonchev–Trinajstić information content (AvgIpc) is 3.15. The summed E-state index contributed by atoms with van der Waals surface area (Å²) in [5.74, 6) is 1.31. The van der Waals surface area contributed by atoms with E-state index in [0.717, 1.165) is 0 Å². The zero-order chi connectivity index (χ0) is 19.4. The highest BCUT2D eigenvalue weighted by atomic mass is 79.9. The number of carbonyl (C=O) groups is 1. The molecule has 1 aromatic carbocycles. The fourth-order valence-electron chi connectivity index (χ4n) is 2.32. The maximum absolute atomic E-state index is 12.4. The van der Waals surface area contributed by atoms with Crippen LogP contribution in [-0.2, 0) is 0 Å². The Morgan fingerprint density at radius 3 is 2.74 bits per heavy atom. The molecule has 0 fully saturated rings. The summed E-state index contributed by atoms with van der Waals surface area (Å²) in [4.78, 5) is 24.9. The third-order valence-corrected chi connectivity index (χ3v) is 4.74. The van der Waals surface area contributed by atoms with Gasteiger partial charge in [-0.2, -0.15) is 9.78 Å². The third-order valence-electron chi connectivity index (χ3n) is 3.54. The van der Waals surface area contributed by atoms with Crippen molar-refractivity contribution >= 4 is 39.2 Å². The summed E-state index contributed by atoms with van der Waals surface area (Å²) < 4.78 is 7.39. The summed E-state index contributed by atoms with van der Waals surface area (Å²) in [7, 11) is 1.50. The van der Waals surface area contributed by atoms with Gasteiger partial charge in [0, 0.05) is 16.9 Å². The Morgan fingerprint density at radius 1 is 1.30 bits per heavy atom. The lowest BCUT2D eigenvalue weighted by atomic mass is 10.3. The van der Waals surface area contributed by atoms with Gasteiger partial charge in [-0.15, -0.1) is 0 Å². The molecule has 0 radical (unpaired) electrons. The van der Waals surface area contributed by atoms with Crippen molar-refractivity contribution in [2.75, 3.05) is 12.4 Å². The molecule has 0 aliphatic rings. The number of halogens is 2. The van der Waals surface area contributed by atoms with Crippen LogP contribution in [0.5, 0.6) is 5.75 Å². The van der Waals surface area contributed by atoms with E-state index in [4.69, 9.17) is 16.3 Å². The van der Waals surface area contributed by atoms with Gasteiger partial charge in [0.15, 0.2) is 5.82 Å². The maximum Gasteiger partial charge on any atom is 0.319 e. The molecular formula is C16H15BrClN7O2. The van der Waals surface area contributed by atoms with E-state index >= 15 is 0 Å². The summed E-state index contributed by atoms with van der Waals surface area (Å²) >= 11 is 9.41. The molecule has 3 aromatic rings. The van der Waals surface area contributed by atoms with Crippen LogP contribution in [0.3, 0.4) is 0 Å². The number of urea groups is 1. The second kappa shape index (κ2) is 8.31. The van der Waals surface area contributed by atoms with E-state index in [1.807, 2.05) is 0 Å². The molecule has 2 N–H and O–H groups in total. The van der Waals surface area contributed by atoms with Crippen LogP contribution in [0.4, 0.5) is 10.5 Å². The molecule has 27 heavy (non-hydrogen) atoms. The molecule has 0 bridgehead atoms. The van der Waals surface area contributed by atoms with Gasteiger partial charge in [-0.1, -0.05) is 11.6 Å².